The minimum atomic E-state index is -0.242. The van der Waals surface area contributed by atoms with Gasteiger partial charge in [-0.25, -0.2) is 9.18 Å². The number of rotatable bonds is 5. The maximum Gasteiger partial charge on any atom is 0.318 e. The topological polar surface area (TPSA) is 38.8 Å². The number of nitrogens with zero attached hydrogens (tertiary/aromatic N) is 3. The molecular formula is C19H29FN4O. The highest BCUT2D eigenvalue weighted by Gasteiger charge is 2.30. The molecule has 0 bridgehead atoms. The molecule has 0 aromatic heterocycles. The van der Waals surface area contributed by atoms with E-state index in [4.69, 9.17) is 0 Å². The Balaban J connectivity index is 1.60. The number of nitrogens with one attached hydrogen (secondary N) is 1. The Bertz CT molecular complexity index is 593. The lowest BCUT2D eigenvalue weighted by Crippen LogP contribution is -2.56. The van der Waals surface area contributed by atoms with Gasteiger partial charge in [0.25, 0.3) is 0 Å². The Morgan fingerprint density at radius 1 is 1.28 bits per heavy atom. The van der Waals surface area contributed by atoms with Gasteiger partial charge < -0.3 is 15.1 Å². The van der Waals surface area contributed by atoms with Crippen molar-refractivity contribution in [2.75, 3.05) is 40.3 Å². The van der Waals surface area contributed by atoms with Gasteiger partial charge in [0.1, 0.15) is 5.82 Å². The average molecular weight is 348 g/mol. The van der Waals surface area contributed by atoms with E-state index in [2.05, 4.69) is 29.2 Å². The van der Waals surface area contributed by atoms with Crippen molar-refractivity contribution >= 4 is 6.03 Å². The molecule has 1 aliphatic carbocycles. The highest BCUT2D eigenvalue weighted by Crippen LogP contribution is 2.27. The minimum absolute atomic E-state index is 0.0745. The number of hydrogen-bond donors (Lipinski definition) is 1. The number of urea groups is 1. The quantitative estimate of drug-likeness (QED) is 0.886. The lowest BCUT2D eigenvalue weighted by atomic mass is 9.91. The molecule has 2 fully saturated rings. The predicted octanol–water partition coefficient (Wildman–Crippen LogP) is 2.14. The standard InChI is InChI=1S/C19H29FN4O/c1-22-10-11-23(2)17(14-22)12-21-19(25)24(16-7-5-8-16)13-15-6-3-4-9-18(15)20/h3-4,6,9,16-17H,5,7-8,10-14H2,1-2H3,(H,21,25)/t17-/m1/s1. The second-order valence-electron chi connectivity index (χ2n) is 7.39. The summed E-state index contributed by atoms with van der Waals surface area (Å²) in [4.78, 5) is 19.2. The van der Waals surface area contributed by atoms with Gasteiger partial charge in [0, 0.05) is 43.8 Å². The molecule has 1 N–H and O–H groups in total. The molecule has 0 radical (unpaired) electrons. The van der Waals surface area contributed by atoms with E-state index in [0.29, 0.717) is 24.7 Å². The van der Waals surface area contributed by atoms with Gasteiger partial charge in [-0.2, -0.15) is 0 Å². The summed E-state index contributed by atoms with van der Waals surface area (Å²) in [7, 11) is 4.22. The van der Waals surface area contributed by atoms with E-state index in [9.17, 15) is 9.18 Å². The number of halogens is 1. The number of benzene rings is 1. The first-order chi connectivity index (χ1) is 12.0. The van der Waals surface area contributed by atoms with Crippen molar-refractivity contribution in [2.24, 2.45) is 0 Å². The van der Waals surface area contributed by atoms with Crippen LogP contribution < -0.4 is 5.32 Å². The normalized spacial score (nSPS) is 22.4. The second-order valence-corrected chi connectivity index (χ2v) is 7.39. The first-order valence-corrected chi connectivity index (χ1v) is 9.21. The summed E-state index contributed by atoms with van der Waals surface area (Å²) in [5.41, 5.74) is 0.582. The molecule has 1 saturated heterocycles. The van der Waals surface area contributed by atoms with Crippen molar-refractivity contribution in [1.29, 1.82) is 0 Å². The summed E-state index contributed by atoms with van der Waals surface area (Å²) in [5, 5.41) is 3.09. The predicted molar refractivity (Wildman–Crippen MR) is 96.9 cm³/mol. The second kappa shape index (κ2) is 8.15. The van der Waals surface area contributed by atoms with Crippen molar-refractivity contribution in [2.45, 2.75) is 37.9 Å². The number of hydrogen-bond acceptors (Lipinski definition) is 3. The van der Waals surface area contributed by atoms with Crippen molar-refractivity contribution in [3.8, 4) is 0 Å². The third kappa shape index (κ3) is 4.50. The van der Waals surface area contributed by atoms with E-state index in [0.717, 1.165) is 38.9 Å². The fraction of sp³-hybridized carbons (Fsp3) is 0.632. The molecule has 1 aromatic rings. The molecule has 3 rings (SSSR count). The molecule has 25 heavy (non-hydrogen) atoms. The summed E-state index contributed by atoms with van der Waals surface area (Å²) < 4.78 is 14.0. The summed E-state index contributed by atoms with van der Waals surface area (Å²) in [6.07, 6.45) is 3.16. The van der Waals surface area contributed by atoms with Gasteiger partial charge in [-0.3, -0.25) is 4.90 Å². The van der Waals surface area contributed by atoms with Crippen LogP contribution in [0.5, 0.6) is 0 Å². The summed E-state index contributed by atoms with van der Waals surface area (Å²) in [6.45, 7) is 3.98. The van der Waals surface area contributed by atoms with Crippen molar-refractivity contribution in [1.82, 2.24) is 20.0 Å². The van der Waals surface area contributed by atoms with Crippen LogP contribution in [0.4, 0.5) is 9.18 Å². The summed E-state index contributed by atoms with van der Waals surface area (Å²) in [6, 6.07) is 7.20. The average Bonchev–Trinajstić information content (AvgIpc) is 2.55. The zero-order valence-corrected chi connectivity index (χ0v) is 15.2. The van der Waals surface area contributed by atoms with E-state index in [-0.39, 0.29) is 17.9 Å². The molecule has 1 aliphatic heterocycles. The largest absolute Gasteiger partial charge is 0.336 e. The Hall–Kier alpha value is -1.66. The Kier molecular flexibility index (Phi) is 5.91. The number of carbonyl (C=O) groups is 1. The van der Waals surface area contributed by atoms with Crippen LogP contribution >= 0.6 is 0 Å². The van der Waals surface area contributed by atoms with E-state index in [1.54, 1.807) is 12.1 Å². The molecule has 1 saturated carbocycles. The van der Waals surface area contributed by atoms with E-state index >= 15 is 0 Å². The third-order valence-corrected chi connectivity index (χ3v) is 5.54. The maximum atomic E-state index is 14.0. The molecule has 2 aliphatic rings. The highest BCUT2D eigenvalue weighted by molar-refractivity contribution is 5.74. The van der Waals surface area contributed by atoms with Crippen LogP contribution in [-0.4, -0.2) is 73.1 Å². The first-order valence-electron chi connectivity index (χ1n) is 9.21. The van der Waals surface area contributed by atoms with E-state index in [1.807, 2.05) is 11.0 Å². The van der Waals surface area contributed by atoms with Crippen LogP contribution in [0.25, 0.3) is 0 Å². The van der Waals surface area contributed by atoms with Crippen molar-refractivity contribution in [3.63, 3.8) is 0 Å². The molecule has 2 amide bonds. The molecule has 1 atom stereocenters. The lowest BCUT2D eigenvalue weighted by molar-refractivity contribution is 0.105. The smallest absolute Gasteiger partial charge is 0.318 e. The number of amides is 2. The van der Waals surface area contributed by atoms with Gasteiger partial charge in [0.05, 0.1) is 6.54 Å². The molecule has 1 heterocycles. The van der Waals surface area contributed by atoms with Crippen LogP contribution in [0.2, 0.25) is 0 Å². The molecule has 6 heteroatoms. The van der Waals surface area contributed by atoms with Crippen LogP contribution in [0.3, 0.4) is 0 Å². The lowest BCUT2D eigenvalue weighted by Gasteiger charge is -2.40. The summed E-state index contributed by atoms with van der Waals surface area (Å²) >= 11 is 0. The molecular weight excluding hydrogens is 319 g/mol. The van der Waals surface area contributed by atoms with Gasteiger partial charge in [-0.1, -0.05) is 18.2 Å². The molecule has 138 valence electrons. The Morgan fingerprint density at radius 2 is 2.04 bits per heavy atom. The van der Waals surface area contributed by atoms with Gasteiger partial charge >= 0.3 is 6.03 Å². The van der Waals surface area contributed by atoms with Crippen molar-refractivity contribution in [3.05, 3.63) is 35.6 Å². The van der Waals surface area contributed by atoms with Gasteiger partial charge in [0.15, 0.2) is 0 Å². The van der Waals surface area contributed by atoms with Gasteiger partial charge in [-0.05, 0) is 39.4 Å². The molecule has 0 spiro atoms. The van der Waals surface area contributed by atoms with Crippen LogP contribution in [-0.2, 0) is 6.54 Å². The summed E-state index contributed by atoms with van der Waals surface area (Å²) in [5.74, 6) is -0.242. The SMILES string of the molecule is CN1CCN(C)[C@H](CNC(=O)N(Cc2ccccc2F)C2CCC2)C1. The van der Waals surface area contributed by atoms with E-state index in [1.165, 1.54) is 6.07 Å². The number of piperazine rings is 1. The molecule has 1 aromatic carbocycles. The Morgan fingerprint density at radius 3 is 2.72 bits per heavy atom. The molecule has 0 unspecified atom stereocenters. The van der Waals surface area contributed by atoms with Gasteiger partial charge in [0.2, 0.25) is 0 Å². The monoisotopic (exact) mass is 348 g/mol. The zero-order valence-electron chi connectivity index (χ0n) is 15.2. The minimum Gasteiger partial charge on any atom is -0.336 e. The maximum absolute atomic E-state index is 14.0. The van der Waals surface area contributed by atoms with Crippen LogP contribution in [0.15, 0.2) is 24.3 Å². The number of carbonyl (C=O) groups excluding carboxylic acids is 1. The first kappa shape index (κ1) is 18.1. The zero-order chi connectivity index (χ0) is 17.8. The number of likely N-dealkylation sites (N-methyl/N-ethyl adjacent to an activating group) is 2. The van der Waals surface area contributed by atoms with E-state index < -0.39 is 0 Å². The fourth-order valence-corrected chi connectivity index (χ4v) is 3.50. The third-order valence-electron chi connectivity index (χ3n) is 5.54. The van der Waals surface area contributed by atoms with Crippen LogP contribution in [0.1, 0.15) is 24.8 Å². The fourth-order valence-electron chi connectivity index (χ4n) is 3.50. The van der Waals surface area contributed by atoms with Gasteiger partial charge in [-0.15, -0.1) is 0 Å². The Labute approximate surface area is 149 Å². The highest BCUT2D eigenvalue weighted by atomic mass is 19.1. The van der Waals surface area contributed by atoms with Crippen molar-refractivity contribution < 1.29 is 9.18 Å². The molecule has 5 nitrogen and oxygen atoms in total. The van der Waals surface area contributed by atoms with Crippen LogP contribution in [0, 0.1) is 5.82 Å².